The number of rotatable bonds is 11. The maximum absolute atomic E-state index is 5.80. The molecule has 2 heteroatoms. The van der Waals surface area contributed by atoms with Crippen molar-refractivity contribution in [3.8, 4) is 5.75 Å². The van der Waals surface area contributed by atoms with E-state index in [1.165, 1.54) is 37.7 Å². The molecule has 2 rings (SSSR count). The van der Waals surface area contributed by atoms with Gasteiger partial charge < -0.3 is 4.74 Å². The highest BCUT2D eigenvalue weighted by Gasteiger charge is 1.96. The summed E-state index contributed by atoms with van der Waals surface area (Å²) in [4.78, 5) is 4.55. The van der Waals surface area contributed by atoms with Gasteiger partial charge in [0.25, 0.3) is 0 Å². The maximum atomic E-state index is 5.80. The van der Waals surface area contributed by atoms with Gasteiger partial charge in [-0.3, -0.25) is 4.99 Å². The summed E-state index contributed by atoms with van der Waals surface area (Å²) in [6.45, 7) is 5.25. The number of unbranched alkanes of at least 4 members (excludes halogenated alkanes) is 4. The Morgan fingerprint density at radius 3 is 2.20 bits per heavy atom. The molecule has 2 nitrogen and oxygen atoms in total. The molecule has 134 valence electrons. The molecule has 0 N–H and O–H groups in total. The third-order valence-corrected chi connectivity index (χ3v) is 4.23. The lowest BCUT2D eigenvalue weighted by Crippen LogP contribution is -1.97. The molecule has 0 aliphatic carbocycles. The normalized spacial score (nSPS) is 11.1. The van der Waals surface area contributed by atoms with E-state index in [9.17, 15) is 0 Å². The Balaban J connectivity index is 1.77. The highest BCUT2D eigenvalue weighted by molar-refractivity contribution is 5.82. The molecule has 25 heavy (non-hydrogen) atoms. The van der Waals surface area contributed by atoms with E-state index in [-0.39, 0.29) is 0 Å². The molecule has 0 atom stereocenters. The first kappa shape index (κ1) is 19.2. The third-order valence-electron chi connectivity index (χ3n) is 4.23. The van der Waals surface area contributed by atoms with Crippen LogP contribution in [-0.2, 0) is 6.42 Å². The molecule has 0 bridgehead atoms. The minimum absolute atomic E-state index is 0.807. The molecule has 0 radical (unpaired) electrons. The predicted octanol–water partition coefficient (Wildman–Crippen LogP) is 6.74. The molecule has 0 heterocycles. The highest BCUT2D eigenvalue weighted by atomic mass is 16.5. The van der Waals surface area contributed by atoms with E-state index >= 15 is 0 Å². The minimum atomic E-state index is 0.807. The standard InChI is InChI=1S/C23H31NO/c1-3-5-6-7-8-18-25-23-16-12-21(13-17-23)19-24-22-14-10-20(9-4-2)11-15-22/h10-17,19H,3-9,18H2,1-2H3. The number of ether oxygens (including phenoxy) is 1. The summed E-state index contributed by atoms with van der Waals surface area (Å²) in [7, 11) is 0. The summed E-state index contributed by atoms with van der Waals surface area (Å²) >= 11 is 0. The van der Waals surface area contributed by atoms with Gasteiger partial charge in [0, 0.05) is 6.21 Å². The van der Waals surface area contributed by atoms with E-state index < -0.39 is 0 Å². The number of hydrogen-bond acceptors (Lipinski definition) is 2. The summed E-state index contributed by atoms with van der Waals surface area (Å²) in [6, 6.07) is 16.6. The lowest BCUT2D eigenvalue weighted by Gasteiger charge is -2.06. The van der Waals surface area contributed by atoms with Gasteiger partial charge in [0.05, 0.1) is 12.3 Å². The Hall–Kier alpha value is -2.09. The quantitative estimate of drug-likeness (QED) is 0.329. The molecule has 0 aliphatic rings. The average molecular weight is 338 g/mol. The molecule has 2 aromatic rings. The van der Waals surface area contributed by atoms with Gasteiger partial charge >= 0.3 is 0 Å². The van der Waals surface area contributed by atoms with E-state index in [1.54, 1.807) is 0 Å². The van der Waals surface area contributed by atoms with E-state index in [4.69, 9.17) is 4.74 Å². The fourth-order valence-electron chi connectivity index (χ4n) is 2.73. The van der Waals surface area contributed by atoms with Crippen molar-refractivity contribution >= 4 is 11.9 Å². The number of hydrogen-bond donors (Lipinski definition) is 0. The fourth-order valence-corrected chi connectivity index (χ4v) is 2.73. The zero-order valence-electron chi connectivity index (χ0n) is 15.7. The number of aliphatic imine (C=N–C) groups is 1. The summed E-state index contributed by atoms with van der Waals surface area (Å²) in [6.07, 6.45) is 10.5. The van der Waals surface area contributed by atoms with Gasteiger partial charge in [-0.2, -0.15) is 0 Å². The predicted molar refractivity (Wildman–Crippen MR) is 108 cm³/mol. The van der Waals surface area contributed by atoms with E-state index in [2.05, 4.69) is 55.2 Å². The highest BCUT2D eigenvalue weighted by Crippen LogP contribution is 2.16. The molecule has 0 aromatic heterocycles. The second-order valence-corrected chi connectivity index (χ2v) is 6.51. The second kappa shape index (κ2) is 11.5. The first-order valence-electron chi connectivity index (χ1n) is 9.67. The van der Waals surface area contributed by atoms with Crippen LogP contribution in [0.5, 0.6) is 5.75 Å². The number of benzene rings is 2. The van der Waals surface area contributed by atoms with Gasteiger partial charge in [-0.1, -0.05) is 58.1 Å². The summed E-state index contributed by atoms with van der Waals surface area (Å²) in [5.74, 6) is 0.941. The Labute approximate surface area is 153 Å². The van der Waals surface area contributed by atoms with Crippen molar-refractivity contribution < 1.29 is 4.74 Å². The van der Waals surface area contributed by atoms with Crippen LogP contribution in [0, 0.1) is 0 Å². The van der Waals surface area contributed by atoms with Crippen molar-refractivity contribution in [2.45, 2.75) is 58.8 Å². The topological polar surface area (TPSA) is 21.6 Å². The Morgan fingerprint density at radius 2 is 1.52 bits per heavy atom. The van der Waals surface area contributed by atoms with Crippen molar-refractivity contribution in [3.05, 3.63) is 59.7 Å². The summed E-state index contributed by atoms with van der Waals surface area (Å²) in [5.41, 5.74) is 3.46. The van der Waals surface area contributed by atoms with Crippen LogP contribution in [0.4, 0.5) is 5.69 Å². The monoisotopic (exact) mass is 337 g/mol. The van der Waals surface area contributed by atoms with Crippen molar-refractivity contribution in [1.82, 2.24) is 0 Å². The van der Waals surface area contributed by atoms with E-state index in [0.29, 0.717) is 0 Å². The first-order chi connectivity index (χ1) is 12.3. The first-order valence-corrected chi connectivity index (χ1v) is 9.67. The lowest BCUT2D eigenvalue weighted by molar-refractivity contribution is 0.304. The van der Waals surface area contributed by atoms with Crippen LogP contribution in [0.25, 0.3) is 0 Å². The van der Waals surface area contributed by atoms with Crippen molar-refractivity contribution in [1.29, 1.82) is 0 Å². The average Bonchev–Trinajstić information content (AvgIpc) is 2.65. The van der Waals surface area contributed by atoms with Crippen LogP contribution in [-0.4, -0.2) is 12.8 Å². The molecular weight excluding hydrogens is 306 g/mol. The van der Waals surface area contributed by atoms with Crippen LogP contribution in [0.3, 0.4) is 0 Å². The van der Waals surface area contributed by atoms with Gasteiger partial charge in [-0.25, -0.2) is 0 Å². The van der Waals surface area contributed by atoms with Gasteiger partial charge in [0.15, 0.2) is 0 Å². The van der Waals surface area contributed by atoms with Crippen LogP contribution in [0.2, 0.25) is 0 Å². The van der Waals surface area contributed by atoms with E-state index in [0.717, 1.165) is 36.4 Å². The van der Waals surface area contributed by atoms with Crippen LogP contribution < -0.4 is 4.74 Å². The molecule has 0 amide bonds. The zero-order valence-corrected chi connectivity index (χ0v) is 15.7. The SMILES string of the molecule is CCCCCCCOc1ccc(C=Nc2ccc(CCC)cc2)cc1. The zero-order chi connectivity index (χ0) is 17.7. The smallest absolute Gasteiger partial charge is 0.119 e. The summed E-state index contributed by atoms with van der Waals surface area (Å²) < 4.78 is 5.80. The van der Waals surface area contributed by atoms with Crippen LogP contribution in [0.1, 0.15) is 63.5 Å². The second-order valence-electron chi connectivity index (χ2n) is 6.51. The van der Waals surface area contributed by atoms with Crippen LogP contribution in [0.15, 0.2) is 53.5 Å². The van der Waals surface area contributed by atoms with E-state index in [1.807, 2.05) is 18.3 Å². The molecule has 0 aliphatic heterocycles. The third kappa shape index (κ3) is 7.55. The molecular formula is C23H31NO. The maximum Gasteiger partial charge on any atom is 0.119 e. The minimum Gasteiger partial charge on any atom is -0.494 e. The Morgan fingerprint density at radius 1 is 0.800 bits per heavy atom. The van der Waals surface area contributed by atoms with Crippen molar-refractivity contribution in [2.75, 3.05) is 6.61 Å². The van der Waals surface area contributed by atoms with Crippen LogP contribution >= 0.6 is 0 Å². The van der Waals surface area contributed by atoms with Gasteiger partial charge in [-0.15, -0.1) is 0 Å². The van der Waals surface area contributed by atoms with Gasteiger partial charge in [0.2, 0.25) is 0 Å². The number of aryl methyl sites for hydroxylation is 1. The van der Waals surface area contributed by atoms with Gasteiger partial charge in [0.1, 0.15) is 5.75 Å². The molecule has 0 unspecified atom stereocenters. The molecule has 0 saturated carbocycles. The fraction of sp³-hybridized carbons (Fsp3) is 0.435. The molecule has 0 saturated heterocycles. The van der Waals surface area contributed by atoms with Gasteiger partial charge in [-0.05, 0) is 60.4 Å². The Kier molecular flexibility index (Phi) is 8.82. The lowest BCUT2D eigenvalue weighted by atomic mass is 10.1. The summed E-state index contributed by atoms with van der Waals surface area (Å²) in [5, 5.41) is 0. The largest absolute Gasteiger partial charge is 0.494 e. The molecule has 0 fully saturated rings. The Bertz CT molecular complexity index is 614. The number of nitrogens with zero attached hydrogens (tertiary/aromatic N) is 1. The molecule has 0 spiro atoms. The van der Waals surface area contributed by atoms with Crippen molar-refractivity contribution in [2.24, 2.45) is 4.99 Å². The van der Waals surface area contributed by atoms with Crippen molar-refractivity contribution in [3.63, 3.8) is 0 Å². The molecule has 2 aromatic carbocycles.